The van der Waals surface area contributed by atoms with Crippen molar-refractivity contribution in [2.45, 2.75) is 50.7 Å². The molecule has 0 saturated carbocycles. The Bertz CT molecular complexity index is 1030. The van der Waals surface area contributed by atoms with Crippen LogP contribution in [0, 0.1) is 5.92 Å². The maximum Gasteiger partial charge on any atom is 0.407 e. The minimum absolute atomic E-state index is 0.0307. The molecule has 1 saturated heterocycles. The maximum absolute atomic E-state index is 12.6. The van der Waals surface area contributed by atoms with Crippen molar-refractivity contribution in [2.24, 2.45) is 5.92 Å². The van der Waals surface area contributed by atoms with Crippen LogP contribution in [-0.4, -0.2) is 55.0 Å². The predicted molar refractivity (Wildman–Crippen MR) is 130 cm³/mol. The molecule has 8 heteroatoms. The molecule has 4 rings (SSSR count). The van der Waals surface area contributed by atoms with Crippen LogP contribution in [-0.2, 0) is 19.1 Å². The number of aliphatic carboxylic acids is 1. The molecule has 0 bridgehead atoms. The first-order chi connectivity index (χ1) is 17.0. The summed E-state index contributed by atoms with van der Waals surface area (Å²) in [6, 6.07) is 15.9. The number of hydrogen-bond donors (Lipinski definition) is 3. The summed E-state index contributed by atoms with van der Waals surface area (Å²) in [5.74, 6) is -1.53. The monoisotopic (exact) mass is 480 g/mol. The van der Waals surface area contributed by atoms with Gasteiger partial charge in [0.1, 0.15) is 6.61 Å². The fourth-order valence-corrected chi connectivity index (χ4v) is 5.04. The molecule has 1 fully saturated rings. The molecule has 1 heterocycles. The zero-order chi connectivity index (χ0) is 24.8. The summed E-state index contributed by atoms with van der Waals surface area (Å²) in [6.45, 7) is 2.81. The minimum Gasteiger partial charge on any atom is -0.479 e. The molecular formula is C27H32N2O6. The number of carboxylic acids is 1. The number of fused-ring (bicyclic) bond motifs is 3. The molecule has 0 aromatic heterocycles. The lowest BCUT2D eigenvalue weighted by molar-refractivity contribution is -0.149. The molecule has 35 heavy (non-hydrogen) atoms. The zero-order valence-electron chi connectivity index (χ0n) is 19.9. The van der Waals surface area contributed by atoms with Gasteiger partial charge in [0.2, 0.25) is 5.91 Å². The third-order valence-corrected chi connectivity index (χ3v) is 6.75. The van der Waals surface area contributed by atoms with Crippen molar-refractivity contribution in [3.8, 4) is 11.1 Å². The van der Waals surface area contributed by atoms with Gasteiger partial charge in [-0.15, -0.1) is 0 Å². The number of rotatable bonds is 10. The molecule has 1 aliphatic carbocycles. The van der Waals surface area contributed by atoms with Crippen molar-refractivity contribution in [3.05, 3.63) is 59.7 Å². The second-order valence-electron chi connectivity index (χ2n) is 9.14. The van der Waals surface area contributed by atoms with Crippen molar-refractivity contribution in [2.75, 3.05) is 19.8 Å². The Morgan fingerprint density at radius 1 is 1.09 bits per heavy atom. The van der Waals surface area contributed by atoms with Crippen LogP contribution in [0.15, 0.2) is 48.5 Å². The molecule has 3 atom stereocenters. The second-order valence-corrected chi connectivity index (χ2v) is 9.14. The Morgan fingerprint density at radius 2 is 1.74 bits per heavy atom. The highest BCUT2D eigenvalue weighted by Gasteiger charge is 2.34. The van der Waals surface area contributed by atoms with Crippen molar-refractivity contribution in [1.29, 1.82) is 0 Å². The standard InChI is InChI=1S/C27H32N2O6/c1-2-7-18(14-24(30)28-15-17-12-13-34-25(17)26(31)32)29-27(33)35-16-23-21-10-5-3-8-19(21)20-9-4-6-11-22(20)23/h3-6,8-11,17-18,23,25H,2,7,12-16H2,1H3,(H,28,30)(H,29,33)(H,31,32)/t17?,18-,25?/m1/s1. The molecule has 2 aliphatic rings. The summed E-state index contributed by atoms with van der Waals surface area (Å²) in [4.78, 5) is 36.4. The van der Waals surface area contributed by atoms with E-state index in [-0.39, 0.29) is 43.4 Å². The van der Waals surface area contributed by atoms with Gasteiger partial charge < -0.3 is 25.2 Å². The van der Waals surface area contributed by atoms with Crippen LogP contribution in [0.25, 0.3) is 11.1 Å². The molecule has 2 aromatic rings. The topological polar surface area (TPSA) is 114 Å². The van der Waals surface area contributed by atoms with Gasteiger partial charge in [0, 0.05) is 37.5 Å². The number of hydrogen-bond acceptors (Lipinski definition) is 5. The number of nitrogens with one attached hydrogen (secondary N) is 2. The van der Waals surface area contributed by atoms with Crippen molar-refractivity contribution >= 4 is 18.0 Å². The Kier molecular flexibility index (Phi) is 8.02. The fraction of sp³-hybridized carbons (Fsp3) is 0.444. The van der Waals surface area contributed by atoms with E-state index in [9.17, 15) is 19.5 Å². The number of benzene rings is 2. The lowest BCUT2D eigenvalue weighted by atomic mass is 9.98. The Balaban J connectivity index is 1.29. The quantitative estimate of drug-likeness (QED) is 0.478. The number of carbonyl (C=O) groups is 3. The summed E-state index contributed by atoms with van der Waals surface area (Å²) in [7, 11) is 0. The van der Waals surface area contributed by atoms with Gasteiger partial charge in [0.25, 0.3) is 0 Å². The Hall–Kier alpha value is -3.39. The average molecular weight is 481 g/mol. The van der Waals surface area contributed by atoms with Gasteiger partial charge in [-0.1, -0.05) is 61.9 Å². The van der Waals surface area contributed by atoms with Crippen molar-refractivity contribution in [3.63, 3.8) is 0 Å². The summed E-state index contributed by atoms with van der Waals surface area (Å²) in [5, 5.41) is 14.8. The fourth-order valence-electron chi connectivity index (χ4n) is 5.04. The normalized spacial score (nSPS) is 19.5. The van der Waals surface area contributed by atoms with Gasteiger partial charge in [0.05, 0.1) is 0 Å². The van der Waals surface area contributed by atoms with E-state index in [1.807, 2.05) is 31.2 Å². The number of amides is 2. The number of carboxylic acid groups (broad SMARTS) is 1. The third kappa shape index (κ3) is 5.82. The molecule has 3 N–H and O–H groups in total. The van der Waals surface area contributed by atoms with Crippen LogP contribution in [0.3, 0.4) is 0 Å². The number of ether oxygens (including phenoxy) is 2. The Morgan fingerprint density at radius 3 is 2.37 bits per heavy atom. The maximum atomic E-state index is 12.6. The van der Waals surface area contributed by atoms with Crippen molar-refractivity contribution in [1.82, 2.24) is 10.6 Å². The minimum atomic E-state index is -1.01. The van der Waals surface area contributed by atoms with E-state index in [2.05, 4.69) is 34.9 Å². The second kappa shape index (κ2) is 11.4. The lowest BCUT2D eigenvalue weighted by Crippen LogP contribution is -2.41. The van der Waals surface area contributed by atoms with Crippen LogP contribution < -0.4 is 10.6 Å². The average Bonchev–Trinajstić information content (AvgIpc) is 3.44. The smallest absolute Gasteiger partial charge is 0.407 e. The van der Waals surface area contributed by atoms with Gasteiger partial charge in [-0.25, -0.2) is 9.59 Å². The van der Waals surface area contributed by atoms with Gasteiger partial charge >= 0.3 is 12.1 Å². The molecule has 2 amide bonds. The molecular weight excluding hydrogens is 448 g/mol. The van der Waals surface area contributed by atoms with Crippen LogP contribution in [0.5, 0.6) is 0 Å². The van der Waals surface area contributed by atoms with Crippen LogP contribution in [0.1, 0.15) is 49.7 Å². The van der Waals surface area contributed by atoms with E-state index in [4.69, 9.17) is 9.47 Å². The highest BCUT2D eigenvalue weighted by molar-refractivity contribution is 5.80. The highest BCUT2D eigenvalue weighted by atomic mass is 16.5. The lowest BCUT2D eigenvalue weighted by Gasteiger charge is -2.20. The van der Waals surface area contributed by atoms with E-state index in [1.54, 1.807) is 0 Å². The zero-order valence-corrected chi connectivity index (χ0v) is 19.9. The first-order valence-corrected chi connectivity index (χ1v) is 12.2. The van der Waals surface area contributed by atoms with E-state index in [0.717, 1.165) is 28.7 Å². The summed E-state index contributed by atoms with van der Waals surface area (Å²) < 4.78 is 10.8. The molecule has 186 valence electrons. The van der Waals surface area contributed by atoms with Crippen LogP contribution >= 0.6 is 0 Å². The number of alkyl carbamates (subject to hydrolysis) is 1. The van der Waals surface area contributed by atoms with E-state index in [1.165, 1.54) is 0 Å². The highest BCUT2D eigenvalue weighted by Crippen LogP contribution is 2.44. The van der Waals surface area contributed by atoms with E-state index >= 15 is 0 Å². The van der Waals surface area contributed by atoms with E-state index < -0.39 is 18.2 Å². The van der Waals surface area contributed by atoms with Gasteiger partial charge in [-0.2, -0.15) is 0 Å². The van der Waals surface area contributed by atoms with E-state index in [0.29, 0.717) is 19.4 Å². The molecule has 8 nitrogen and oxygen atoms in total. The van der Waals surface area contributed by atoms with Gasteiger partial charge in [-0.3, -0.25) is 4.79 Å². The van der Waals surface area contributed by atoms with Crippen LogP contribution in [0.2, 0.25) is 0 Å². The summed E-state index contributed by atoms with van der Waals surface area (Å²) in [6.07, 6.45) is 0.673. The first-order valence-electron chi connectivity index (χ1n) is 12.2. The molecule has 0 radical (unpaired) electrons. The Labute approximate surface area is 205 Å². The van der Waals surface area contributed by atoms with Crippen LogP contribution in [0.4, 0.5) is 4.79 Å². The van der Waals surface area contributed by atoms with Gasteiger partial charge in [-0.05, 0) is 35.1 Å². The predicted octanol–water partition coefficient (Wildman–Crippen LogP) is 3.69. The van der Waals surface area contributed by atoms with Crippen molar-refractivity contribution < 1.29 is 29.0 Å². The van der Waals surface area contributed by atoms with Gasteiger partial charge in [0.15, 0.2) is 6.10 Å². The molecule has 2 aromatic carbocycles. The summed E-state index contributed by atoms with van der Waals surface area (Å²) >= 11 is 0. The SMILES string of the molecule is CCC[C@H](CC(=O)NCC1CCOC1C(=O)O)NC(=O)OCC1c2ccccc2-c2ccccc21. The first kappa shape index (κ1) is 24.7. The molecule has 2 unspecified atom stereocenters. The summed E-state index contributed by atoms with van der Waals surface area (Å²) in [5.41, 5.74) is 4.61. The molecule has 0 spiro atoms. The number of carbonyl (C=O) groups excluding carboxylic acids is 2. The third-order valence-electron chi connectivity index (χ3n) is 6.75. The molecule has 1 aliphatic heterocycles. The largest absolute Gasteiger partial charge is 0.479 e.